The molecule has 2 atom stereocenters. The molecule has 0 saturated heterocycles. The van der Waals surface area contributed by atoms with Gasteiger partial charge in [-0.2, -0.15) is 10.4 Å². The second kappa shape index (κ2) is 5.00. The van der Waals surface area contributed by atoms with Gasteiger partial charge in [-0.15, -0.1) is 0 Å². The number of nitriles is 1. The summed E-state index contributed by atoms with van der Waals surface area (Å²) in [7, 11) is 0. The summed E-state index contributed by atoms with van der Waals surface area (Å²) in [6.45, 7) is 0. The van der Waals surface area contributed by atoms with Crippen LogP contribution in [0.4, 0.5) is 5.82 Å². The first-order valence-corrected chi connectivity index (χ1v) is 6.97. The fourth-order valence-corrected chi connectivity index (χ4v) is 3.11. The third kappa shape index (κ3) is 1.95. The number of aromatic amines is 1. The van der Waals surface area contributed by atoms with E-state index in [-0.39, 0.29) is 23.3 Å². The lowest BCUT2D eigenvalue weighted by atomic mass is 9.96. The van der Waals surface area contributed by atoms with Crippen LogP contribution in [0.25, 0.3) is 10.9 Å². The van der Waals surface area contributed by atoms with Crippen LogP contribution in [0, 0.1) is 17.2 Å². The molecule has 0 amide bonds. The smallest absolute Gasteiger partial charge is 0.261 e. The molecule has 0 spiro atoms. The molecule has 2 aromatic rings. The Hall–Kier alpha value is -2.29. The highest BCUT2D eigenvalue weighted by Gasteiger charge is 2.28. The SMILES string of the molecule is N#C[C@H]1CCCCC[C@H]1n1nc(N)c2c(=O)[nH]ccc21. The monoisotopic (exact) mass is 271 g/mol. The Balaban J connectivity index is 2.16. The predicted octanol–water partition coefficient (Wildman–Crippen LogP) is 1.95. The Morgan fingerprint density at radius 3 is 3.00 bits per heavy atom. The summed E-state index contributed by atoms with van der Waals surface area (Å²) in [5, 5.41) is 14.2. The molecule has 1 saturated carbocycles. The third-order valence-electron chi connectivity index (χ3n) is 4.12. The van der Waals surface area contributed by atoms with Crippen molar-refractivity contribution in [1.29, 1.82) is 5.26 Å². The average molecular weight is 271 g/mol. The summed E-state index contributed by atoms with van der Waals surface area (Å²) in [5.41, 5.74) is 6.37. The van der Waals surface area contributed by atoms with Gasteiger partial charge in [0.1, 0.15) is 5.39 Å². The lowest BCUT2D eigenvalue weighted by molar-refractivity contribution is 0.353. The zero-order valence-electron chi connectivity index (χ0n) is 11.2. The Morgan fingerprint density at radius 2 is 2.20 bits per heavy atom. The number of anilines is 1. The van der Waals surface area contributed by atoms with Gasteiger partial charge in [-0.3, -0.25) is 9.48 Å². The van der Waals surface area contributed by atoms with Crippen molar-refractivity contribution in [2.24, 2.45) is 5.92 Å². The van der Waals surface area contributed by atoms with Gasteiger partial charge >= 0.3 is 0 Å². The first kappa shape index (κ1) is 12.7. The Kier molecular flexibility index (Phi) is 3.18. The number of hydrogen-bond acceptors (Lipinski definition) is 4. The molecular formula is C14H17N5O. The van der Waals surface area contributed by atoms with E-state index in [2.05, 4.69) is 16.2 Å². The van der Waals surface area contributed by atoms with Crippen molar-refractivity contribution in [3.63, 3.8) is 0 Å². The van der Waals surface area contributed by atoms with Crippen LogP contribution in [0.15, 0.2) is 17.1 Å². The van der Waals surface area contributed by atoms with E-state index in [1.165, 1.54) is 0 Å². The van der Waals surface area contributed by atoms with E-state index in [9.17, 15) is 10.1 Å². The van der Waals surface area contributed by atoms with Gasteiger partial charge in [0.2, 0.25) is 0 Å². The van der Waals surface area contributed by atoms with E-state index in [0.29, 0.717) is 5.39 Å². The van der Waals surface area contributed by atoms with Gasteiger partial charge in [0.25, 0.3) is 5.56 Å². The maximum Gasteiger partial charge on any atom is 0.261 e. The summed E-state index contributed by atoms with van der Waals surface area (Å²) in [6.07, 6.45) is 6.68. The molecule has 6 nitrogen and oxygen atoms in total. The van der Waals surface area contributed by atoms with E-state index >= 15 is 0 Å². The highest BCUT2D eigenvalue weighted by molar-refractivity contribution is 5.88. The van der Waals surface area contributed by atoms with Crippen molar-refractivity contribution in [3.05, 3.63) is 22.6 Å². The molecule has 2 aromatic heterocycles. The molecule has 6 heteroatoms. The molecule has 1 aliphatic carbocycles. The topological polar surface area (TPSA) is 100 Å². The molecule has 104 valence electrons. The second-order valence-electron chi connectivity index (χ2n) is 5.34. The minimum atomic E-state index is -0.228. The van der Waals surface area contributed by atoms with Crippen LogP contribution in [0.2, 0.25) is 0 Å². The minimum Gasteiger partial charge on any atom is -0.382 e. The molecular weight excluding hydrogens is 254 g/mol. The number of nitrogens with one attached hydrogen (secondary N) is 1. The number of pyridine rings is 1. The van der Waals surface area contributed by atoms with Crippen LogP contribution in [-0.2, 0) is 0 Å². The molecule has 0 aliphatic heterocycles. The number of nitrogens with zero attached hydrogens (tertiary/aromatic N) is 3. The first-order valence-electron chi connectivity index (χ1n) is 6.97. The number of nitrogen functional groups attached to an aromatic ring is 1. The van der Waals surface area contributed by atoms with Crippen molar-refractivity contribution in [3.8, 4) is 6.07 Å². The Labute approximate surface area is 116 Å². The fraction of sp³-hybridized carbons (Fsp3) is 0.500. The predicted molar refractivity (Wildman–Crippen MR) is 76.0 cm³/mol. The summed E-state index contributed by atoms with van der Waals surface area (Å²) in [4.78, 5) is 14.5. The summed E-state index contributed by atoms with van der Waals surface area (Å²) >= 11 is 0. The quantitative estimate of drug-likeness (QED) is 0.774. The number of H-pyrrole nitrogens is 1. The van der Waals surface area contributed by atoms with E-state index in [4.69, 9.17) is 5.73 Å². The molecule has 0 radical (unpaired) electrons. The van der Waals surface area contributed by atoms with Gasteiger partial charge in [-0.1, -0.05) is 19.3 Å². The van der Waals surface area contributed by atoms with Gasteiger partial charge in [0.15, 0.2) is 5.82 Å². The molecule has 3 N–H and O–H groups in total. The van der Waals surface area contributed by atoms with Gasteiger partial charge in [0, 0.05) is 6.20 Å². The molecule has 0 aromatic carbocycles. The molecule has 2 heterocycles. The Bertz CT molecular complexity index is 723. The number of rotatable bonds is 1. The van der Waals surface area contributed by atoms with E-state index in [0.717, 1.165) is 37.6 Å². The summed E-state index contributed by atoms with van der Waals surface area (Å²) < 4.78 is 1.79. The zero-order chi connectivity index (χ0) is 14.1. The van der Waals surface area contributed by atoms with Crippen molar-refractivity contribution in [1.82, 2.24) is 14.8 Å². The molecule has 1 aliphatic rings. The average Bonchev–Trinajstić information content (AvgIpc) is 2.64. The maximum atomic E-state index is 11.9. The molecule has 20 heavy (non-hydrogen) atoms. The highest BCUT2D eigenvalue weighted by atomic mass is 16.1. The molecule has 1 fully saturated rings. The summed E-state index contributed by atoms with van der Waals surface area (Å²) in [5.74, 6) is 0.169. The van der Waals surface area contributed by atoms with Gasteiger partial charge in [0.05, 0.1) is 23.5 Å². The van der Waals surface area contributed by atoms with E-state index in [1.54, 1.807) is 16.9 Å². The summed E-state index contributed by atoms with van der Waals surface area (Å²) in [6, 6.07) is 4.20. The molecule has 0 unspecified atom stereocenters. The third-order valence-corrected chi connectivity index (χ3v) is 4.12. The molecule has 3 rings (SSSR count). The largest absolute Gasteiger partial charge is 0.382 e. The van der Waals surface area contributed by atoms with Crippen LogP contribution in [0.5, 0.6) is 0 Å². The fourth-order valence-electron chi connectivity index (χ4n) is 3.11. The Morgan fingerprint density at radius 1 is 1.40 bits per heavy atom. The zero-order valence-corrected chi connectivity index (χ0v) is 11.2. The van der Waals surface area contributed by atoms with E-state index < -0.39 is 0 Å². The maximum absolute atomic E-state index is 11.9. The lowest BCUT2D eigenvalue weighted by Crippen LogP contribution is -2.19. The van der Waals surface area contributed by atoms with E-state index in [1.807, 2.05) is 0 Å². The van der Waals surface area contributed by atoms with Crippen molar-refractivity contribution in [2.75, 3.05) is 5.73 Å². The highest BCUT2D eigenvalue weighted by Crippen LogP contribution is 2.34. The standard InChI is InChI=1S/C14H17N5O/c15-8-9-4-2-1-3-5-10(9)19-11-6-7-17-14(20)12(11)13(16)18-19/h6-7,9-10H,1-5H2,(H2,16,18)(H,17,20)/t9-,10-/m1/s1. The number of fused-ring (bicyclic) bond motifs is 1. The molecule has 0 bridgehead atoms. The van der Waals surface area contributed by atoms with Gasteiger partial charge in [-0.25, -0.2) is 0 Å². The lowest BCUT2D eigenvalue weighted by Gasteiger charge is -2.20. The number of aromatic nitrogens is 3. The van der Waals surface area contributed by atoms with Crippen LogP contribution in [-0.4, -0.2) is 14.8 Å². The number of nitrogens with two attached hydrogens (primary N) is 1. The van der Waals surface area contributed by atoms with Gasteiger partial charge < -0.3 is 10.7 Å². The van der Waals surface area contributed by atoms with Crippen molar-refractivity contribution >= 4 is 16.7 Å². The van der Waals surface area contributed by atoms with Crippen molar-refractivity contribution in [2.45, 2.75) is 38.1 Å². The van der Waals surface area contributed by atoms with Crippen LogP contribution >= 0.6 is 0 Å². The van der Waals surface area contributed by atoms with Crippen LogP contribution < -0.4 is 11.3 Å². The minimum absolute atomic E-state index is 0.00380. The second-order valence-corrected chi connectivity index (χ2v) is 5.34. The number of hydrogen-bond donors (Lipinski definition) is 2. The first-order chi connectivity index (χ1) is 9.72. The van der Waals surface area contributed by atoms with Crippen LogP contribution in [0.3, 0.4) is 0 Å². The van der Waals surface area contributed by atoms with Crippen LogP contribution in [0.1, 0.15) is 38.1 Å². The van der Waals surface area contributed by atoms with Gasteiger partial charge in [-0.05, 0) is 18.9 Å². The van der Waals surface area contributed by atoms with Crippen molar-refractivity contribution < 1.29 is 0 Å². The normalized spacial score (nSPS) is 23.4.